The molecule has 0 aliphatic carbocycles. The standard InChI is InChI=1S/C21H21FN4O/c1-14-4-3-5-15(2)20(14)26-19-13-24-18(12-25-19)21(27)23-11-10-16-6-8-17(22)9-7-16/h3-9,12-13H,10-11H2,1-2H3,(H,23,27)(H,25,26). The number of nitrogens with zero attached hydrogens (tertiary/aromatic N) is 2. The summed E-state index contributed by atoms with van der Waals surface area (Å²) in [6, 6.07) is 12.3. The lowest BCUT2D eigenvalue weighted by molar-refractivity contribution is 0.0949. The van der Waals surface area contributed by atoms with Crippen molar-refractivity contribution in [3.8, 4) is 0 Å². The summed E-state index contributed by atoms with van der Waals surface area (Å²) in [7, 11) is 0. The number of halogens is 1. The van der Waals surface area contributed by atoms with Crippen molar-refractivity contribution in [2.24, 2.45) is 0 Å². The summed E-state index contributed by atoms with van der Waals surface area (Å²) in [5.41, 5.74) is 4.42. The lowest BCUT2D eigenvalue weighted by atomic mass is 10.1. The third-order valence-corrected chi connectivity index (χ3v) is 4.23. The van der Waals surface area contributed by atoms with Crippen LogP contribution in [0.2, 0.25) is 0 Å². The van der Waals surface area contributed by atoms with Gasteiger partial charge in [0.05, 0.1) is 12.4 Å². The molecule has 0 atom stereocenters. The Kier molecular flexibility index (Phi) is 5.76. The molecule has 0 spiro atoms. The minimum atomic E-state index is -0.289. The minimum Gasteiger partial charge on any atom is -0.350 e. The maximum absolute atomic E-state index is 12.9. The van der Waals surface area contributed by atoms with Gasteiger partial charge in [0, 0.05) is 12.2 Å². The van der Waals surface area contributed by atoms with Crippen LogP contribution in [0.15, 0.2) is 54.9 Å². The number of para-hydroxylation sites is 1. The zero-order valence-electron chi connectivity index (χ0n) is 15.3. The molecule has 27 heavy (non-hydrogen) atoms. The molecule has 138 valence electrons. The van der Waals surface area contributed by atoms with E-state index >= 15 is 0 Å². The second-order valence-electron chi connectivity index (χ2n) is 6.31. The molecule has 1 heterocycles. The van der Waals surface area contributed by atoms with Crippen molar-refractivity contribution in [1.29, 1.82) is 0 Å². The highest BCUT2D eigenvalue weighted by Gasteiger charge is 2.09. The first-order valence-corrected chi connectivity index (χ1v) is 8.71. The van der Waals surface area contributed by atoms with Crippen LogP contribution in [0.25, 0.3) is 0 Å². The van der Waals surface area contributed by atoms with Crippen molar-refractivity contribution in [3.63, 3.8) is 0 Å². The number of carbonyl (C=O) groups excluding carboxylic acids is 1. The molecule has 5 nitrogen and oxygen atoms in total. The molecule has 0 saturated heterocycles. The van der Waals surface area contributed by atoms with Crippen molar-refractivity contribution in [2.45, 2.75) is 20.3 Å². The summed E-state index contributed by atoms with van der Waals surface area (Å²) in [4.78, 5) is 20.6. The Bertz CT molecular complexity index is 904. The molecular weight excluding hydrogens is 343 g/mol. The van der Waals surface area contributed by atoms with E-state index in [4.69, 9.17) is 0 Å². The van der Waals surface area contributed by atoms with Gasteiger partial charge in [0.1, 0.15) is 17.3 Å². The molecule has 0 unspecified atom stereocenters. The van der Waals surface area contributed by atoms with Crippen molar-refractivity contribution in [3.05, 3.63) is 83.1 Å². The average molecular weight is 364 g/mol. The van der Waals surface area contributed by atoms with Crippen LogP contribution in [0, 0.1) is 19.7 Å². The molecule has 3 rings (SSSR count). The van der Waals surface area contributed by atoms with Crippen LogP contribution in [0.1, 0.15) is 27.2 Å². The number of aryl methyl sites for hydroxylation is 2. The Hall–Kier alpha value is -3.28. The van der Waals surface area contributed by atoms with Crippen LogP contribution < -0.4 is 10.6 Å². The van der Waals surface area contributed by atoms with Crippen molar-refractivity contribution in [1.82, 2.24) is 15.3 Å². The normalized spacial score (nSPS) is 10.5. The highest BCUT2D eigenvalue weighted by molar-refractivity contribution is 5.92. The zero-order chi connectivity index (χ0) is 19.2. The fraction of sp³-hybridized carbons (Fsp3) is 0.190. The molecule has 0 aliphatic heterocycles. The molecule has 2 aromatic carbocycles. The maximum Gasteiger partial charge on any atom is 0.271 e. The third kappa shape index (κ3) is 4.88. The lowest BCUT2D eigenvalue weighted by Crippen LogP contribution is -2.26. The topological polar surface area (TPSA) is 66.9 Å². The summed E-state index contributed by atoms with van der Waals surface area (Å²) >= 11 is 0. The van der Waals surface area contributed by atoms with E-state index in [1.165, 1.54) is 18.3 Å². The van der Waals surface area contributed by atoms with E-state index in [-0.39, 0.29) is 17.4 Å². The van der Waals surface area contributed by atoms with Gasteiger partial charge in [0.2, 0.25) is 0 Å². The van der Waals surface area contributed by atoms with Crippen LogP contribution in [-0.4, -0.2) is 22.4 Å². The van der Waals surface area contributed by atoms with Gasteiger partial charge in [-0.25, -0.2) is 14.4 Å². The van der Waals surface area contributed by atoms with Crippen molar-refractivity contribution >= 4 is 17.4 Å². The van der Waals surface area contributed by atoms with Crippen LogP contribution >= 0.6 is 0 Å². The fourth-order valence-electron chi connectivity index (χ4n) is 2.71. The first kappa shape index (κ1) is 18.5. The molecule has 1 aromatic heterocycles. The first-order chi connectivity index (χ1) is 13.0. The summed E-state index contributed by atoms with van der Waals surface area (Å²) < 4.78 is 12.9. The van der Waals surface area contributed by atoms with E-state index in [0.29, 0.717) is 18.8 Å². The van der Waals surface area contributed by atoms with Gasteiger partial charge >= 0.3 is 0 Å². The molecule has 0 fully saturated rings. The molecule has 0 bridgehead atoms. The summed E-state index contributed by atoms with van der Waals surface area (Å²) in [6.45, 7) is 4.48. The number of anilines is 2. The number of aromatic nitrogens is 2. The number of amides is 1. The second-order valence-corrected chi connectivity index (χ2v) is 6.31. The molecule has 1 amide bonds. The predicted octanol–water partition coefficient (Wildman–Crippen LogP) is 3.95. The third-order valence-electron chi connectivity index (χ3n) is 4.23. The van der Waals surface area contributed by atoms with Gasteiger partial charge in [0.25, 0.3) is 5.91 Å². The Morgan fingerprint density at radius 2 is 1.70 bits per heavy atom. The molecule has 2 N–H and O–H groups in total. The Morgan fingerprint density at radius 1 is 1.00 bits per heavy atom. The average Bonchev–Trinajstić information content (AvgIpc) is 2.67. The van der Waals surface area contributed by atoms with E-state index in [1.54, 1.807) is 18.3 Å². The van der Waals surface area contributed by atoms with Gasteiger partial charge < -0.3 is 10.6 Å². The minimum absolute atomic E-state index is 0.251. The summed E-state index contributed by atoms with van der Waals surface area (Å²) in [5, 5.41) is 6.03. The van der Waals surface area contributed by atoms with Gasteiger partial charge in [-0.1, -0.05) is 30.3 Å². The van der Waals surface area contributed by atoms with Crippen LogP contribution in [0.3, 0.4) is 0 Å². The SMILES string of the molecule is Cc1cccc(C)c1Nc1cnc(C(=O)NCCc2ccc(F)cc2)cn1. The van der Waals surface area contributed by atoms with Crippen LogP contribution in [0.4, 0.5) is 15.9 Å². The van der Waals surface area contributed by atoms with Crippen molar-refractivity contribution < 1.29 is 9.18 Å². The lowest BCUT2D eigenvalue weighted by Gasteiger charge is -2.11. The largest absolute Gasteiger partial charge is 0.350 e. The Labute approximate surface area is 157 Å². The van der Waals surface area contributed by atoms with E-state index in [0.717, 1.165) is 22.4 Å². The molecule has 0 radical (unpaired) electrons. The highest BCUT2D eigenvalue weighted by atomic mass is 19.1. The number of hydrogen-bond acceptors (Lipinski definition) is 4. The fourth-order valence-corrected chi connectivity index (χ4v) is 2.71. The van der Waals surface area contributed by atoms with Gasteiger partial charge in [-0.05, 0) is 49.1 Å². The number of benzene rings is 2. The van der Waals surface area contributed by atoms with Gasteiger partial charge in [-0.3, -0.25) is 4.79 Å². The smallest absolute Gasteiger partial charge is 0.271 e. The molecule has 6 heteroatoms. The Morgan fingerprint density at radius 3 is 2.33 bits per heavy atom. The molecule has 3 aromatic rings. The monoisotopic (exact) mass is 364 g/mol. The maximum atomic E-state index is 12.9. The zero-order valence-corrected chi connectivity index (χ0v) is 15.3. The van der Waals surface area contributed by atoms with Crippen LogP contribution in [-0.2, 0) is 6.42 Å². The highest BCUT2D eigenvalue weighted by Crippen LogP contribution is 2.22. The number of rotatable bonds is 6. The number of nitrogens with one attached hydrogen (secondary N) is 2. The van der Waals surface area contributed by atoms with E-state index in [2.05, 4.69) is 20.6 Å². The van der Waals surface area contributed by atoms with E-state index in [9.17, 15) is 9.18 Å². The van der Waals surface area contributed by atoms with Gasteiger partial charge in [0.15, 0.2) is 0 Å². The molecule has 0 aliphatic rings. The Balaban J connectivity index is 1.56. The number of hydrogen-bond donors (Lipinski definition) is 2. The van der Waals surface area contributed by atoms with Crippen LogP contribution in [0.5, 0.6) is 0 Å². The first-order valence-electron chi connectivity index (χ1n) is 8.71. The second kappa shape index (κ2) is 8.40. The predicted molar refractivity (Wildman–Crippen MR) is 104 cm³/mol. The van der Waals surface area contributed by atoms with Gasteiger partial charge in [-0.15, -0.1) is 0 Å². The van der Waals surface area contributed by atoms with E-state index in [1.807, 2.05) is 32.0 Å². The number of carbonyl (C=O) groups is 1. The molecule has 0 saturated carbocycles. The molecular formula is C21H21FN4O. The summed E-state index contributed by atoms with van der Waals surface area (Å²) in [5.74, 6) is 0.0196. The quantitative estimate of drug-likeness (QED) is 0.695. The summed E-state index contributed by atoms with van der Waals surface area (Å²) in [6.07, 6.45) is 3.61. The van der Waals surface area contributed by atoms with E-state index < -0.39 is 0 Å². The van der Waals surface area contributed by atoms with Crippen molar-refractivity contribution in [2.75, 3.05) is 11.9 Å². The van der Waals surface area contributed by atoms with Gasteiger partial charge in [-0.2, -0.15) is 0 Å².